The summed E-state index contributed by atoms with van der Waals surface area (Å²) in [6.07, 6.45) is 3.97. The van der Waals surface area contributed by atoms with E-state index in [1.807, 2.05) is 17.9 Å². The second-order valence-electron chi connectivity index (χ2n) is 3.19. The Hall–Kier alpha value is -0.870. The van der Waals surface area contributed by atoms with Gasteiger partial charge in [-0.25, -0.2) is 0 Å². The third kappa shape index (κ3) is 2.08. The van der Waals surface area contributed by atoms with Crippen molar-refractivity contribution in [3.8, 4) is 0 Å². The van der Waals surface area contributed by atoms with E-state index in [2.05, 4.69) is 24.4 Å². The molecule has 1 heterocycles. The second-order valence-corrected chi connectivity index (χ2v) is 3.19. The summed E-state index contributed by atoms with van der Waals surface area (Å²) in [7, 11) is 1.94. The number of aromatic nitrogens is 2. The van der Waals surface area contributed by atoms with Crippen molar-refractivity contribution in [1.29, 1.82) is 0 Å². The van der Waals surface area contributed by atoms with E-state index in [0.717, 1.165) is 18.5 Å². The Balaban J connectivity index is 2.96. The first-order valence-corrected chi connectivity index (χ1v) is 4.71. The maximum Gasteiger partial charge on any atom is 0.0670 e. The van der Waals surface area contributed by atoms with Crippen molar-refractivity contribution in [3.63, 3.8) is 0 Å². The summed E-state index contributed by atoms with van der Waals surface area (Å²) in [5, 5.41) is 4.37. The zero-order valence-electron chi connectivity index (χ0n) is 8.54. The van der Waals surface area contributed by atoms with E-state index in [0.29, 0.717) is 0 Å². The normalized spacial score (nSPS) is 13.2. The molecule has 74 valence electrons. The average molecular weight is 182 g/mol. The Labute approximate surface area is 79.1 Å². The smallest absolute Gasteiger partial charge is 0.0670 e. The lowest BCUT2D eigenvalue weighted by Crippen LogP contribution is -2.27. The average Bonchev–Trinajstić information content (AvgIpc) is 2.49. The Kier molecular flexibility index (Phi) is 3.45. The van der Waals surface area contributed by atoms with Gasteiger partial charge in [0.25, 0.3) is 0 Å². The molecule has 0 radical (unpaired) electrons. The van der Waals surface area contributed by atoms with Crippen LogP contribution in [0.2, 0.25) is 0 Å². The van der Waals surface area contributed by atoms with Crippen LogP contribution in [0.3, 0.4) is 0 Å². The predicted molar refractivity (Wildman–Crippen MR) is 52.9 cm³/mol. The van der Waals surface area contributed by atoms with Crippen LogP contribution in [-0.4, -0.2) is 9.78 Å². The summed E-state index contributed by atoms with van der Waals surface area (Å²) in [6, 6.07) is 0.226. The Bertz CT molecular complexity index is 263. The van der Waals surface area contributed by atoms with E-state index in [9.17, 15) is 0 Å². The summed E-state index contributed by atoms with van der Waals surface area (Å²) < 4.78 is 1.84. The molecular formula is C9H18N4. The standard InChI is InChI=1S/C9H18N4/c1-4-8(11-10)7-6-13(3)12-9(7)5-2/h6,8,11H,4-5,10H2,1-3H3. The van der Waals surface area contributed by atoms with Crippen molar-refractivity contribution in [2.45, 2.75) is 32.7 Å². The Morgan fingerprint density at radius 1 is 1.62 bits per heavy atom. The van der Waals surface area contributed by atoms with Crippen molar-refractivity contribution in [1.82, 2.24) is 15.2 Å². The van der Waals surface area contributed by atoms with Gasteiger partial charge in [0, 0.05) is 24.8 Å². The highest BCUT2D eigenvalue weighted by atomic mass is 15.3. The SMILES string of the molecule is CCc1nn(C)cc1C(CC)NN. The van der Waals surface area contributed by atoms with Gasteiger partial charge in [-0.2, -0.15) is 5.10 Å². The summed E-state index contributed by atoms with van der Waals surface area (Å²) in [6.45, 7) is 4.21. The highest BCUT2D eigenvalue weighted by Gasteiger charge is 2.13. The van der Waals surface area contributed by atoms with Crippen LogP contribution in [0.15, 0.2) is 6.20 Å². The van der Waals surface area contributed by atoms with Gasteiger partial charge >= 0.3 is 0 Å². The molecule has 0 aromatic carbocycles. The quantitative estimate of drug-likeness (QED) is 0.537. The molecule has 0 amide bonds. The first-order valence-electron chi connectivity index (χ1n) is 4.71. The van der Waals surface area contributed by atoms with Gasteiger partial charge in [-0.3, -0.25) is 16.0 Å². The molecule has 1 unspecified atom stereocenters. The first kappa shape index (κ1) is 10.2. The zero-order valence-corrected chi connectivity index (χ0v) is 8.54. The van der Waals surface area contributed by atoms with E-state index >= 15 is 0 Å². The molecule has 1 aromatic rings. The van der Waals surface area contributed by atoms with Crippen LogP contribution in [0.1, 0.15) is 37.6 Å². The molecular weight excluding hydrogens is 164 g/mol. The maximum absolute atomic E-state index is 5.46. The molecule has 0 spiro atoms. The molecule has 0 bridgehead atoms. The molecule has 0 saturated heterocycles. The van der Waals surface area contributed by atoms with Gasteiger partial charge in [-0.15, -0.1) is 0 Å². The summed E-state index contributed by atoms with van der Waals surface area (Å²) >= 11 is 0. The fraction of sp³-hybridized carbons (Fsp3) is 0.667. The maximum atomic E-state index is 5.46. The zero-order chi connectivity index (χ0) is 9.84. The molecule has 4 heteroatoms. The number of hydrogen-bond acceptors (Lipinski definition) is 3. The molecule has 1 rings (SSSR count). The number of aryl methyl sites for hydroxylation is 2. The van der Waals surface area contributed by atoms with Crippen molar-refractivity contribution in [3.05, 3.63) is 17.5 Å². The van der Waals surface area contributed by atoms with Gasteiger partial charge in [0.05, 0.1) is 5.69 Å². The van der Waals surface area contributed by atoms with Crippen LogP contribution in [0.4, 0.5) is 0 Å². The highest BCUT2D eigenvalue weighted by molar-refractivity contribution is 5.21. The minimum atomic E-state index is 0.226. The van der Waals surface area contributed by atoms with Crippen molar-refractivity contribution < 1.29 is 0 Å². The van der Waals surface area contributed by atoms with Crippen LogP contribution < -0.4 is 11.3 Å². The van der Waals surface area contributed by atoms with E-state index in [4.69, 9.17) is 5.84 Å². The fourth-order valence-corrected chi connectivity index (χ4v) is 1.55. The number of hydrazine groups is 1. The first-order chi connectivity index (χ1) is 6.22. The lowest BCUT2D eigenvalue weighted by Gasteiger charge is -2.12. The van der Waals surface area contributed by atoms with Gasteiger partial charge in [-0.05, 0) is 12.8 Å². The number of nitrogens with two attached hydrogens (primary N) is 1. The van der Waals surface area contributed by atoms with Crippen molar-refractivity contribution in [2.24, 2.45) is 12.9 Å². The minimum absolute atomic E-state index is 0.226. The molecule has 4 nitrogen and oxygen atoms in total. The number of hydrogen-bond donors (Lipinski definition) is 2. The molecule has 3 N–H and O–H groups in total. The van der Waals surface area contributed by atoms with Gasteiger partial charge in [0.1, 0.15) is 0 Å². The summed E-state index contributed by atoms with van der Waals surface area (Å²) in [5.41, 5.74) is 5.15. The lowest BCUT2D eigenvalue weighted by atomic mass is 10.1. The van der Waals surface area contributed by atoms with E-state index in [-0.39, 0.29) is 6.04 Å². The third-order valence-corrected chi connectivity index (χ3v) is 2.26. The van der Waals surface area contributed by atoms with Crippen molar-refractivity contribution >= 4 is 0 Å². The van der Waals surface area contributed by atoms with Crippen LogP contribution in [0, 0.1) is 0 Å². The molecule has 0 fully saturated rings. The van der Waals surface area contributed by atoms with Gasteiger partial charge in [0.2, 0.25) is 0 Å². The van der Waals surface area contributed by atoms with Gasteiger partial charge in [0.15, 0.2) is 0 Å². The molecule has 0 saturated carbocycles. The Morgan fingerprint density at radius 3 is 2.77 bits per heavy atom. The Morgan fingerprint density at radius 2 is 2.31 bits per heavy atom. The largest absolute Gasteiger partial charge is 0.275 e. The van der Waals surface area contributed by atoms with E-state index in [1.54, 1.807) is 0 Å². The van der Waals surface area contributed by atoms with Crippen LogP contribution in [-0.2, 0) is 13.5 Å². The number of nitrogens with one attached hydrogen (secondary N) is 1. The van der Waals surface area contributed by atoms with Crippen LogP contribution in [0.5, 0.6) is 0 Å². The lowest BCUT2D eigenvalue weighted by molar-refractivity contribution is 0.535. The predicted octanol–water partition coefficient (Wildman–Crippen LogP) is 0.897. The number of rotatable bonds is 4. The molecule has 0 aliphatic heterocycles. The molecule has 0 aliphatic rings. The third-order valence-electron chi connectivity index (χ3n) is 2.26. The fourth-order valence-electron chi connectivity index (χ4n) is 1.55. The summed E-state index contributed by atoms with van der Waals surface area (Å²) in [5.74, 6) is 5.46. The monoisotopic (exact) mass is 182 g/mol. The summed E-state index contributed by atoms with van der Waals surface area (Å²) in [4.78, 5) is 0. The highest BCUT2D eigenvalue weighted by Crippen LogP contribution is 2.19. The van der Waals surface area contributed by atoms with E-state index < -0.39 is 0 Å². The van der Waals surface area contributed by atoms with Crippen molar-refractivity contribution in [2.75, 3.05) is 0 Å². The second kappa shape index (κ2) is 4.39. The topological polar surface area (TPSA) is 55.9 Å². The van der Waals surface area contributed by atoms with Gasteiger partial charge < -0.3 is 0 Å². The molecule has 0 aliphatic carbocycles. The van der Waals surface area contributed by atoms with Crippen LogP contribution >= 0.6 is 0 Å². The number of nitrogens with zero attached hydrogens (tertiary/aromatic N) is 2. The van der Waals surface area contributed by atoms with Crippen LogP contribution in [0.25, 0.3) is 0 Å². The van der Waals surface area contributed by atoms with E-state index in [1.165, 1.54) is 5.56 Å². The molecule has 1 aromatic heterocycles. The molecule has 13 heavy (non-hydrogen) atoms. The molecule has 1 atom stereocenters. The minimum Gasteiger partial charge on any atom is -0.275 e. The van der Waals surface area contributed by atoms with Gasteiger partial charge in [-0.1, -0.05) is 13.8 Å².